The molecule has 0 saturated carbocycles. The van der Waals surface area contributed by atoms with Crippen molar-refractivity contribution in [2.24, 2.45) is 0 Å². The van der Waals surface area contributed by atoms with Gasteiger partial charge >= 0.3 is 0 Å². The number of aromatic nitrogens is 9. The van der Waals surface area contributed by atoms with Crippen LogP contribution < -0.4 is 0 Å². The summed E-state index contributed by atoms with van der Waals surface area (Å²) in [7, 11) is 0. The molecule has 0 aromatic carbocycles. The van der Waals surface area contributed by atoms with Crippen LogP contribution in [0.25, 0.3) is 0 Å². The Balaban J connectivity index is 0.000000250. The van der Waals surface area contributed by atoms with Gasteiger partial charge in [0.25, 0.3) is 0 Å². The van der Waals surface area contributed by atoms with E-state index in [0.717, 1.165) is 21.5 Å². The number of aromatic amines is 1. The van der Waals surface area contributed by atoms with Crippen molar-refractivity contribution >= 4 is 34.2 Å². The van der Waals surface area contributed by atoms with Crippen LogP contribution in [-0.2, 0) is 0 Å². The van der Waals surface area contributed by atoms with Gasteiger partial charge in [-0.3, -0.25) is 5.10 Å². The lowest BCUT2D eigenvalue weighted by Crippen LogP contribution is -1.88. The third-order valence-corrected chi connectivity index (χ3v) is 7.75. The van der Waals surface area contributed by atoms with Gasteiger partial charge in [-0.25, -0.2) is 15.0 Å². The Morgan fingerprint density at radius 2 is 1.43 bits per heavy atom. The predicted molar refractivity (Wildman–Crippen MR) is 165 cm³/mol. The van der Waals surface area contributed by atoms with E-state index >= 15 is 0 Å². The van der Waals surface area contributed by atoms with Crippen molar-refractivity contribution in [2.45, 2.75) is 98.8 Å². The molecular formula is C27H43N9OS3. The molecule has 0 aliphatic carbocycles. The number of rotatable bonds is 5. The first-order valence-corrected chi connectivity index (χ1v) is 15.7. The highest BCUT2D eigenvalue weighted by atomic mass is 32.1. The molecule has 10 nitrogen and oxygen atoms in total. The van der Waals surface area contributed by atoms with E-state index in [9.17, 15) is 0 Å². The van der Waals surface area contributed by atoms with Crippen LogP contribution in [0.5, 0.6) is 0 Å². The fourth-order valence-electron chi connectivity index (χ4n) is 2.40. The van der Waals surface area contributed by atoms with Gasteiger partial charge in [-0.2, -0.15) is 9.47 Å². The molecule has 5 aromatic rings. The summed E-state index contributed by atoms with van der Waals surface area (Å²) in [4.78, 5) is 12.1. The monoisotopic (exact) mass is 605 g/mol. The van der Waals surface area contributed by atoms with E-state index < -0.39 is 0 Å². The van der Waals surface area contributed by atoms with Crippen LogP contribution in [0.2, 0.25) is 0 Å². The summed E-state index contributed by atoms with van der Waals surface area (Å²) in [5, 5.41) is 23.3. The molecule has 0 fully saturated rings. The lowest BCUT2D eigenvalue weighted by atomic mass is 10.1. The van der Waals surface area contributed by atoms with E-state index in [2.05, 4.69) is 119 Å². The van der Waals surface area contributed by atoms with E-state index in [1.54, 1.807) is 40.8 Å². The highest BCUT2D eigenvalue weighted by molar-refractivity contribution is 7.09. The van der Waals surface area contributed by atoms with Gasteiger partial charge in [0, 0.05) is 41.3 Å². The number of H-pyrrole nitrogens is 1. The molecule has 0 aliphatic heterocycles. The highest BCUT2D eigenvalue weighted by Gasteiger charge is 2.01. The van der Waals surface area contributed by atoms with Crippen LogP contribution in [0.4, 0.5) is 0 Å². The van der Waals surface area contributed by atoms with Crippen molar-refractivity contribution in [3.8, 4) is 0 Å². The van der Waals surface area contributed by atoms with Crippen molar-refractivity contribution in [1.82, 2.24) is 44.9 Å². The van der Waals surface area contributed by atoms with E-state index in [1.807, 2.05) is 17.6 Å². The molecule has 0 unspecified atom stereocenters. The van der Waals surface area contributed by atoms with Crippen LogP contribution in [0.15, 0.2) is 46.6 Å². The van der Waals surface area contributed by atoms with Gasteiger partial charge in [0.15, 0.2) is 0 Å². The summed E-state index contributed by atoms with van der Waals surface area (Å²) in [6.07, 6.45) is 6.56. The first kappa shape index (κ1) is 35.1. The lowest BCUT2D eigenvalue weighted by Gasteiger charge is -1.93. The normalized spacial score (nSPS) is 10.4. The molecule has 13 heteroatoms. The highest BCUT2D eigenvalue weighted by Crippen LogP contribution is 2.16. The Bertz CT molecular complexity index is 949. The summed E-state index contributed by atoms with van der Waals surface area (Å²) in [5.74, 6) is 3.54. The summed E-state index contributed by atoms with van der Waals surface area (Å²) >= 11 is 4.80. The predicted octanol–water partition coefficient (Wildman–Crippen LogP) is 8.32. The van der Waals surface area contributed by atoms with Crippen LogP contribution in [-0.4, -0.2) is 44.9 Å². The van der Waals surface area contributed by atoms with Crippen molar-refractivity contribution in [2.75, 3.05) is 0 Å². The van der Waals surface area contributed by atoms with Gasteiger partial charge in [0.05, 0.1) is 10.7 Å². The van der Waals surface area contributed by atoms with Gasteiger partial charge in [-0.05, 0) is 17.5 Å². The van der Waals surface area contributed by atoms with Gasteiger partial charge in [-0.15, -0.1) is 32.9 Å². The summed E-state index contributed by atoms with van der Waals surface area (Å²) in [6.45, 7) is 21.1. The minimum Gasteiger partial charge on any atom is -0.365 e. The Labute approximate surface area is 250 Å². The zero-order valence-corrected chi connectivity index (χ0v) is 27.6. The summed E-state index contributed by atoms with van der Waals surface area (Å²) < 4.78 is 8.50. The second kappa shape index (κ2) is 20.0. The van der Waals surface area contributed by atoms with E-state index in [4.69, 9.17) is 0 Å². The molecule has 1 N–H and O–H groups in total. The molecule has 40 heavy (non-hydrogen) atoms. The molecule has 0 aliphatic rings. The summed E-state index contributed by atoms with van der Waals surface area (Å²) in [6, 6.07) is 1.88. The minimum absolute atomic E-state index is 0.456. The third-order valence-electron chi connectivity index (χ3n) is 4.72. The molecule has 0 atom stereocenters. The van der Waals surface area contributed by atoms with Gasteiger partial charge in [0.2, 0.25) is 0 Å². The SMILES string of the molecule is CC(C)c1ccon1.CC(C)c1nccs1.CC(C)c1ncn[nH]1.CC(C)c1ncns1.CC(C)c1nncs1. The Morgan fingerprint density at radius 3 is 1.68 bits per heavy atom. The molecule has 220 valence electrons. The number of hydrogen-bond acceptors (Lipinski definition) is 12. The second-order valence-corrected chi connectivity index (χ2v) is 12.6. The lowest BCUT2D eigenvalue weighted by molar-refractivity contribution is 0.408. The molecule has 0 saturated heterocycles. The molecule has 0 spiro atoms. The number of hydrogen-bond donors (Lipinski definition) is 1. The van der Waals surface area contributed by atoms with Crippen LogP contribution in [0.3, 0.4) is 0 Å². The van der Waals surface area contributed by atoms with Gasteiger partial charge in [0.1, 0.15) is 40.3 Å². The average Bonchev–Trinajstić information content (AvgIpc) is 3.74. The molecule has 5 aromatic heterocycles. The molecule has 0 amide bonds. The van der Waals surface area contributed by atoms with Gasteiger partial charge in [-0.1, -0.05) is 74.4 Å². The molecule has 5 rings (SSSR count). The smallest absolute Gasteiger partial charge is 0.137 e. The van der Waals surface area contributed by atoms with E-state index in [1.165, 1.54) is 22.9 Å². The molecule has 0 radical (unpaired) electrons. The Kier molecular flexibility index (Phi) is 17.6. The molecule has 5 heterocycles. The maximum absolute atomic E-state index is 4.63. The molecular weight excluding hydrogens is 563 g/mol. The summed E-state index contributed by atoms with van der Waals surface area (Å²) in [5.41, 5.74) is 2.78. The maximum Gasteiger partial charge on any atom is 0.137 e. The maximum atomic E-state index is 4.63. The number of thiazole rings is 1. The zero-order chi connectivity index (χ0) is 29.9. The van der Waals surface area contributed by atoms with Crippen molar-refractivity contribution in [3.63, 3.8) is 0 Å². The molecule has 0 bridgehead atoms. The van der Waals surface area contributed by atoms with Crippen molar-refractivity contribution < 1.29 is 4.52 Å². The second-order valence-electron chi connectivity index (χ2n) is 10.00. The number of nitrogens with zero attached hydrogens (tertiary/aromatic N) is 8. The van der Waals surface area contributed by atoms with Crippen LogP contribution >= 0.6 is 34.2 Å². The first-order valence-electron chi connectivity index (χ1n) is 13.2. The largest absolute Gasteiger partial charge is 0.365 e. The van der Waals surface area contributed by atoms with Crippen LogP contribution in [0.1, 0.15) is 125 Å². The van der Waals surface area contributed by atoms with E-state index in [-0.39, 0.29) is 0 Å². The quantitative estimate of drug-likeness (QED) is 0.210. The first-order chi connectivity index (χ1) is 19.0. The zero-order valence-electron chi connectivity index (χ0n) is 25.1. The fraction of sp³-hybridized carbons (Fsp3) is 0.556. The minimum atomic E-state index is 0.456. The topological polar surface area (TPSA) is 132 Å². The van der Waals surface area contributed by atoms with Crippen LogP contribution in [0, 0.1) is 0 Å². The van der Waals surface area contributed by atoms with E-state index in [0.29, 0.717) is 29.6 Å². The Morgan fingerprint density at radius 1 is 0.725 bits per heavy atom. The van der Waals surface area contributed by atoms with Gasteiger partial charge < -0.3 is 4.52 Å². The number of nitrogens with one attached hydrogen (secondary N) is 1. The third kappa shape index (κ3) is 15.0. The Hall–Kier alpha value is -2.90. The van der Waals surface area contributed by atoms with Crippen molar-refractivity contribution in [1.29, 1.82) is 0 Å². The standard InChI is InChI=1S/C6H9NO.C6H9NS.C5H9N3.2C5H8N2S/c1-5(2)6-3-4-8-7-6;1-5(2)6-7-3-4-8-6;1-4(2)5-6-3-7-8-5;1-4(2)5-7-6-3-8-5;1-4(2)5-6-3-7-8-5/h2*3-5H,1-2H3;3-4H,1-2H3,(H,6,7,8);2*3-4H,1-2H3. The average molecular weight is 606 g/mol. The fourth-order valence-corrected chi connectivity index (χ4v) is 4.13. The van der Waals surface area contributed by atoms with Crippen molar-refractivity contribution in [3.05, 3.63) is 68.6 Å².